The molecule has 2 nitrogen and oxygen atoms in total. The second-order valence-corrected chi connectivity index (χ2v) is 5.36. The van der Waals surface area contributed by atoms with Crippen LogP contribution in [0, 0.1) is 5.41 Å². The number of ether oxygens (including phenoxy) is 1. The minimum absolute atomic E-state index is 0.163. The number of nitrogens with one attached hydrogen (secondary N) is 1. The van der Waals surface area contributed by atoms with Gasteiger partial charge in [0.25, 0.3) is 0 Å². The molecule has 1 rings (SSSR count). The van der Waals surface area contributed by atoms with Crippen LogP contribution in [0.15, 0.2) is 24.3 Å². The maximum atomic E-state index is 6.02. The van der Waals surface area contributed by atoms with Crippen LogP contribution in [0.5, 0.6) is 5.75 Å². The predicted molar refractivity (Wildman–Crippen MR) is 69.2 cm³/mol. The van der Waals surface area contributed by atoms with E-state index in [0.717, 1.165) is 5.75 Å². The summed E-state index contributed by atoms with van der Waals surface area (Å²) in [5.41, 5.74) is 0.163. The number of para-hydroxylation sites is 1. The zero-order chi connectivity index (χ0) is 12.2. The Kier molecular flexibility index (Phi) is 4.63. The molecule has 0 spiro atoms. The maximum absolute atomic E-state index is 6.02. The fraction of sp³-hybridized carbons (Fsp3) is 0.538. The molecule has 0 saturated carbocycles. The van der Waals surface area contributed by atoms with Crippen molar-refractivity contribution in [2.75, 3.05) is 13.7 Å². The average molecular weight is 242 g/mol. The summed E-state index contributed by atoms with van der Waals surface area (Å²) in [7, 11) is 1.95. The van der Waals surface area contributed by atoms with Crippen LogP contribution in [0.25, 0.3) is 0 Å². The second kappa shape index (κ2) is 5.55. The molecule has 0 aromatic heterocycles. The van der Waals surface area contributed by atoms with Crippen LogP contribution in [-0.2, 0) is 0 Å². The van der Waals surface area contributed by atoms with Crippen LogP contribution < -0.4 is 10.1 Å². The molecule has 1 atom stereocenters. The Morgan fingerprint density at radius 1 is 1.31 bits per heavy atom. The van der Waals surface area contributed by atoms with E-state index in [0.29, 0.717) is 17.7 Å². The molecule has 0 heterocycles. The molecule has 1 aromatic rings. The molecule has 0 aliphatic carbocycles. The van der Waals surface area contributed by atoms with Crippen molar-refractivity contribution in [2.45, 2.75) is 26.8 Å². The zero-order valence-electron chi connectivity index (χ0n) is 10.4. The molecule has 90 valence electrons. The van der Waals surface area contributed by atoms with Crippen LogP contribution >= 0.6 is 11.6 Å². The number of benzene rings is 1. The number of likely N-dealkylation sites (N-methyl/N-ethyl adjacent to an activating group) is 1. The Labute approximate surface area is 103 Å². The Morgan fingerprint density at radius 3 is 2.44 bits per heavy atom. The van der Waals surface area contributed by atoms with E-state index in [1.54, 1.807) is 0 Å². The van der Waals surface area contributed by atoms with Crippen LogP contribution in [0.4, 0.5) is 0 Å². The zero-order valence-corrected chi connectivity index (χ0v) is 11.1. The van der Waals surface area contributed by atoms with Crippen molar-refractivity contribution in [2.24, 2.45) is 5.41 Å². The lowest BCUT2D eigenvalue weighted by Crippen LogP contribution is -2.42. The molecule has 1 unspecified atom stereocenters. The van der Waals surface area contributed by atoms with Gasteiger partial charge in [0.05, 0.1) is 5.02 Å². The molecule has 0 bridgehead atoms. The summed E-state index contributed by atoms with van der Waals surface area (Å²) in [5, 5.41) is 3.92. The van der Waals surface area contributed by atoms with Crippen molar-refractivity contribution < 1.29 is 4.74 Å². The second-order valence-electron chi connectivity index (χ2n) is 4.95. The van der Waals surface area contributed by atoms with E-state index in [2.05, 4.69) is 26.1 Å². The lowest BCUT2D eigenvalue weighted by Gasteiger charge is -2.30. The van der Waals surface area contributed by atoms with Crippen LogP contribution in [0.1, 0.15) is 20.8 Å². The van der Waals surface area contributed by atoms with E-state index in [-0.39, 0.29) is 5.41 Å². The average Bonchev–Trinajstić information content (AvgIpc) is 2.19. The van der Waals surface area contributed by atoms with Crippen molar-refractivity contribution in [3.8, 4) is 5.75 Å². The van der Waals surface area contributed by atoms with Crippen molar-refractivity contribution in [1.82, 2.24) is 5.32 Å². The summed E-state index contributed by atoms with van der Waals surface area (Å²) in [4.78, 5) is 0. The first-order chi connectivity index (χ1) is 7.45. The van der Waals surface area contributed by atoms with Gasteiger partial charge in [-0.3, -0.25) is 0 Å². The minimum Gasteiger partial charge on any atom is -0.490 e. The SMILES string of the molecule is CNC(COc1ccccc1Cl)C(C)(C)C. The molecule has 0 amide bonds. The topological polar surface area (TPSA) is 21.3 Å². The molecule has 3 heteroatoms. The van der Waals surface area contributed by atoms with Gasteiger partial charge >= 0.3 is 0 Å². The first-order valence-corrected chi connectivity index (χ1v) is 5.87. The molecule has 0 radical (unpaired) electrons. The third-order valence-corrected chi connectivity index (χ3v) is 2.95. The molecule has 0 aliphatic rings. The van der Waals surface area contributed by atoms with Crippen LogP contribution in [-0.4, -0.2) is 19.7 Å². The van der Waals surface area contributed by atoms with E-state index >= 15 is 0 Å². The number of halogens is 1. The summed E-state index contributed by atoms with van der Waals surface area (Å²) in [6, 6.07) is 7.84. The summed E-state index contributed by atoms with van der Waals surface area (Å²) >= 11 is 6.02. The van der Waals surface area contributed by atoms with E-state index in [1.807, 2.05) is 31.3 Å². The van der Waals surface area contributed by atoms with Crippen LogP contribution in [0.3, 0.4) is 0 Å². The van der Waals surface area contributed by atoms with Gasteiger partial charge in [0.15, 0.2) is 0 Å². The third-order valence-electron chi connectivity index (χ3n) is 2.64. The maximum Gasteiger partial charge on any atom is 0.137 e. The first kappa shape index (κ1) is 13.3. The van der Waals surface area contributed by atoms with Crippen molar-refractivity contribution in [3.63, 3.8) is 0 Å². The Hall–Kier alpha value is -0.730. The molecule has 1 aromatic carbocycles. The van der Waals surface area contributed by atoms with E-state index in [1.165, 1.54) is 0 Å². The number of hydrogen-bond acceptors (Lipinski definition) is 2. The van der Waals surface area contributed by atoms with Crippen molar-refractivity contribution >= 4 is 11.6 Å². The van der Waals surface area contributed by atoms with Gasteiger partial charge < -0.3 is 10.1 Å². The number of rotatable bonds is 4. The summed E-state index contributed by atoms with van der Waals surface area (Å²) in [6.45, 7) is 7.17. The van der Waals surface area contributed by atoms with Gasteiger partial charge in [-0.2, -0.15) is 0 Å². The lowest BCUT2D eigenvalue weighted by atomic mass is 9.87. The number of hydrogen-bond donors (Lipinski definition) is 1. The highest BCUT2D eigenvalue weighted by Gasteiger charge is 2.23. The molecule has 16 heavy (non-hydrogen) atoms. The molecule has 0 saturated heterocycles. The molecular formula is C13H20ClNO. The molecular weight excluding hydrogens is 222 g/mol. The summed E-state index contributed by atoms with van der Waals surface area (Å²) in [6.07, 6.45) is 0. The van der Waals surface area contributed by atoms with Gasteiger partial charge in [-0.1, -0.05) is 44.5 Å². The lowest BCUT2D eigenvalue weighted by molar-refractivity contribution is 0.181. The van der Waals surface area contributed by atoms with E-state index in [9.17, 15) is 0 Å². The minimum atomic E-state index is 0.163. The largest absolute Gasteiger partial charge is 0.490 e. The van der Waals surface area contributed by atoms with Crippen LogP contribution in [0.2, 0.25) is 5.02 Å². The molecule has 0 aliphatic heterocycles. The Balaban J connectivity index is 2.60. The molecule has 0 fully saturated rings. The first-order valence-electron chi connectivity index (χ1n) is 5.49. The Morgan fingerprint density at radius 2 is 1.94 bits per heavy atom. The van der Waals surface area contributed by atoms with Gasteiger partial charge in [-0.05, 0) is 24.6 Å². The highest BCUT2D eigenvalue weighted by molar-refractivity contribution is 6.32. The van der Waals surface area contributed by atoms with Gasteiger partial charge in [0, 0.05) is 6.04 Å². The molecule has 1 N–H and O–H groups in total. The standard InChI is InChI=1S/C13H20ClNO/c1-13(2,3)12(15-4)9-16-11-8-6-5-7-10(11)14/h5-8,12,15H,9H2,1-4H3. The summed E-state index contributed by atoms with van der Waals surface area (Å²) in [5.74, 6) is 0.744. The Bertz CT molecular complexity index is 333. The third kappa shape index (κ3) is 3.69. The summed E-state index contributed by atoms with van der Waals surface area (Å²) < 4.78 is 5.72. The fourth-order valence-electron chi connectivity index (χ4n) is 1.50. The monoisotopic (exact) mass is 241 g/mol. The predicted octanol–water partition coefficient (Wildman–Crippen LogP) is 3.35. The normalized spacial score (nSPS) is 13.6. The quantitative estimate of drug-likeness (QED) is 0.873. The van der Waals surface area contributed by atoms with E-state index in [4.69, 9.17) is 16.3 Å². The van der Waals surface area contributed by atoms with Crippen molar-refractivity contribution in [1.29, 1.82) is 0 Å². The van der Waals surface area contributed by atoms with Gasteiger partial charge in [-0.25, -0.2) is 0 Å². The van der Waals surface area contributed by atoms with Crippen molar-refractivity contribution in [3.05, 3.63) is 29.3 Å². The smallest absolute Gasteiger partial charge is 0.137 e. The highest BCUT2D eigenvalue weighted by Crippen LogP contribution is 2.25. The van der Waals surface area contributed by atoms with E-state index < -0.39 is 0 Å². The fourth-order valence-corrected chi connectivity index (χ4v) is 1.69. The van der Waals surface area contributed by atoms with Gasteiger partial charge in [0.1, 0.15) is 12.4 Å². The van der Waals surface area contributed by atoms with Gasteiger partial charge in [-0.15, -0.1) is 0 Å². The highest BCUT2D eigenvalue weighted by atomic mass is 35.5. The van der Waals surface area contributed by atoms with Gasteiger partial charge in [0.2, 0.25) is 0 Å².